The summed E-state index contributed by atoms with van der Waals surface area (Å²) in [6.07, 6.45) is 7.42. The molecule has 1 atom stereocenters. The third-order valence-electron chi connectivity index (χ3n) is 4.23. The molecule has 0 bridgehead atoms. The van der Waals surface area contributed by atoms with Crippen LogP contribution in [0.5, 0.6) is 5.75 Å². The zero-order valence-electron chi connectivity index (χ0n) is 13.8. The summed E-state index contributed by atoms with van der Waals surface area (Å²) in [6, 6.07) is 15.8. The van der Waals surface area contributed by atoms with Gasteiger partial charge in [-0.1, -0.05) is 6.07 Å². The highest BCUT2D eigenvalue weighted by molar-refractivity contribution is 5.86. The minimum Gasteiger partial charge on any atom is -0.497 e. The highest BCUT2D eigenvalue weighted by Crippen LogP contribution is 2.33. The molecule has 25 heavy (non-hydrogen) atoms. The van der Waals surface area contributed by atoms with E-state index in [9.17, 15) is 0 Å². The molecule has 0 spiro atoms. The van der Waals surface area contributed by atoms with Gasteiger partial charge in [-0.15, -0.1) is 0 Å². The Morgan fingerprint density at radius 2 is 1.92 bits per heavy atom. The van der Waals surface area contributed by atoms with E-state index in [0.29, 0.717) is 0 Å². The molecule has 0 aliphatic heterocycles. The lowest BCUT2D eigenvalue weighted by Crippen LogP contribution is -2.13. The van der Waals surface area contributed by atoms with Crippen molar-refractivity contribution in [2.24, 2.45) is 0 Å². The molecular formula is C20H18N4O. The molecule has 5 heteroatoms. The first-order chi connectivity index (χ1) is 12.3. The fourth-order valence-electron chi connectivity index (χ4n) is 2.98. The molecule has 124 valence electrons. The second-order valence-electron chi connectivity index (χ2n) is 5.73. The maximum atomic E-state index is 5.39. The summed E-state index contributed by atoms with van der Waals surface area (Å²) in [6.45, 7) is 0. The third-order valence-corrected chi connectivity index (χ3v) is 4.23. The van der Waals surface area contributed by atoms with Gasteiger partial charge in [0.1, 0.15) is 11.6 Å². The predicted molar refractivity (Wildman–Crippen MR) is 98.8 cm³/mol. The number of fused-ring (bicyclic) bond motifs is 1. The fourth-order valence-corrected chi connectivity index (χ4v) is 2.98. The lowest BCUT2D eigenvalue weighted by atomic mass is 9.99. The number of benzene rings is 1. The molecule has 0 fully saturated rings. The van der Waals surface area contributed by atoms with Gasteiger partial charge in [-0.2, -0.15) is 0 Å². The van der Waals surface area contributed by atoms with Gasteiger partial charge < -0.3 is 15.0 Å². The number of rotatable bonds is 5. The summed E-state index contributed by atoms with van der Waals surface area (Å²) in [4.78, 5) is 11.9. The van der Waals surface area contributed by atoms with Crippen molar-refractivity contribution in [3.05, 3.63) is 84.4 Å². The predicted octanol–water partition coefficient (Wildman–Crippen LogP) is 4.17. The minimum atomic E-state index is -0.0567. The van der Waals surface area contributed by atoms with Crippen LogP contribution in [0.15, 0.2) is 73.3 Å². The monoisotopic (exact) mass is 330 g/mol. The highest BCUT2D eigenvalue weighted by atomic mass is 16.5. The van der Waals surface area contributed by atoms with E-state index in [0.717, 1.165) is 33.6 Å². The van der Waals surface area contributed by atoms with Gasteiger partial charge in [0, 0.05) is 41.3 Å². The molecule has 0 amide bonds. The van der Waals surface area contributed by atoms with E-state index in [1.54, 1.807) is 25.7 Å². The molecule has 2 N–H and O–H groups in total. The van der Waals surface area contributed by atoms with Crippen LogP contribution in [0.3, 0.4) is 0 Å². The molecule has 4 aromatic rings. The summed E-state index contributed by atoms with van der Waals surface area (Å²) >= 11 is 0. The van der Waals surface area contributed by atoms with Crippen LogP contribution in [-0.2, 0) is 0 Å². The maximum Gasteiger partial charge on any atom is 0.126 e. The summed E-state index contributed by atoms with van der Waals surface area (Å²) in [7, 11) is 1.68. The van der Waals surface area contributed by atoms with Crippen LogP contribution in [0.4, 0.5) is 5.82 Å². The van der Waals surface area contributed by atoms with Gasteiger partial charge in [0.2, 0.25) is 0 Å². The number of nitrogens with one attached hydrogen (secondary N) is 2. The molecule has 0 saturated heterocycles. The second kappa shape index (κ2) is 6.65. The van der Waals surface area contributed by atoms with Gasteiger partial charge in [-0.25, -0.2) is 4.98 Å². The van der Waals surface area contributed by atoms with Crippen LogP contribution in [0.1, 0.15) is 17.2 Å². The SMILES string of the molecule is COc1ccc2[nH]cc(C(Nc3ccccn3)c3ccncc3)c2c1. The summed E-state index contributed by atoms with van der Waals surface area (Å²) < 4.78 is 5.39. The van der Waals surface area contributed by atoms with Crippen molar-refractivity contribution in [1.29, 1.82) is 0 Å². The normalized spacial score (nSPS) is 12.0. The van der Waals surface area contributed by atoms with Crippen molar-refractivity contribution in [1.82, 2.24) is 15.0 Å². The number of nitrogens with zero attached hydrogens (tertiary/aromatic N) is 2. The fraction of sp³-hybridized carbons (Fsp3) is 0.100. The number of ether oxygens (including phenoxy) is 1. The van der Waals surface area contributed by atoms with Crippen molar-refractivity contribution in [3.8, 4) is 5.75 Å². The van der Waals surface area contributed by atoms with Gasteiger partial charge in [0.15, 0.2) is 0 Å². The van der Waals surface area contributed by atoms with Gasteiger partial charge >= 0.3 is 0 Å². The van der Waals surface area contributed by atoms with Crippen LogP contribution < -0.4 is 10.1 Å². The van der Waals surface area contributed by atoms with E-state index in [2.05, 4.69) is 26.3 Å². The molecule has 0 saturated carbocycles. The van der Waals surface area contributed by atoms with Gasteiger partial charge in [-0.05, 0) is 48.0 Å². The summed E-state index contributed by atoms with van der Waals surface area (Å²) in [5, 5.41) is 4.64. The Balaban J connectivity index is 1.83. The zero-order valence-corrected chi connectivity index (χ0v) is 13.8. The van der Waals surface area contributed by atoms with Crippen LogP contribution >= 0.6 is 0 Å². The molecule has 0 aliphatic carbocycles. The topological polar surface area (TPSA) is 62.8 Å². The lowest BCUT2D eigenvalue weighted by Gasteiger charge is -2.19. The first-order valence-electron chi connectivity index (χ1n) is 8.07. The van der Waals surface area contributed by atoms with Crippen molar-refractivity contribution in [3.63, 3.8) is 0 Å². The number of hydrogen-bond acceptors (Lipinski definition) is 4. The molecular weight excluding hydrogens is 312 g/mol. The van der Waals surface area contributed by atoms with Gasteiger partial charge in [0.05, 0.1) is 13.2 Å². The summed E-state index contributed by atoms with van der Waals surface area (Å²) in [5.74, 6) is 1.65. The van der Waals surface area contributed by atoms with E-state index >= 15 is 0 Å². The number of H-pyrrole nitrogens is 1. The maximum absolute atomic E-state index is 5.39. The molecule has 1 aromatic carbocycles. The van der Waals surface area contributed by atoms with E-state index < -0.39 is 0 Å². The summed E-state index contributed by atoms with van der Waals surface area (Å²) in [5.41, 5.74) is 3.31. The number of anilines is 1. The minimum absolute atomic E-state index is 0.0567. The zero-order chi connectivity index (χ0) is 17.1. The van der Waals surface area contributed by atoms with E-state index in [1.807, 2.05) is 48.7 Å². The lowest BCUT2D eigenvalue weighted by molar-refractivity contribution is 0.415. The molecule has 0 aliphatic rings. The largest absolute Gasteiger partial charge is 0.497 e. The number of pyridine rings is 2. The first-order valence-corrected chi connectivity index (χ1v) is 8.07. The van der Waals surface area contributed by atoms with Gasteiger partial charge in [-0.3, -0.25) is 4.98 Å². The second-order valence-corrected chi connectivity index (χ2v) is 5.73. The van der Waals surface area contributed by atoms with Crippen molar-refractivity contribution < 1.29 is 4.74 Å². The van der Waals surface area contributed by atoms with Crippen molar-refractivity contribution in [2.45, 2.75) is 6.04 Å². The van der Waals surface area contributed by atoms with Crippen LogP contribution in [0, 0.1) is 0 Å². The number of aromatic nitrogens is 3. The van der Waals surface area contributed by atoms with Crippen LogP contribution in [0.25, 0.3) is 10.9 Å². The highest BCUT2D eigenvalue weighted by Gasteiger charge is 2.19. The third kappa shape index (κ3) is 3.04. The van der Waals surface area contributed by atoms with Crippen LogP contribution in [-0.4, -0.2) is 22.1 Å². The Labute approximate surface area is 145 Å². The molecule has 1 unspecified atom stereocenters. The van der Waals surface area contributed by atoms with E-state index in [1.165, 1.54) is 0 Å². The molecule has 3 heterocycles. The average Bonchev–Trinajstić information content (AvgIpc) is 3.10. The molecule has 5 nitrogen and oxygen atoms in total. The number of aromatic amines is 1. The number of methoxy groups -OCH3 is 1. The smallest absolute Gasteiger partial charge is 0.126 e. The average molecular weight is 330 g/mol. The van der Waals surface area contributed by atoms with Gasteiger partial charge in [0.25, 0.3) is 0 Å². The quantitative estimate of drug-likeness (QED) is 0.576. The van der Waals surface area contributed by atoms with Crippen LogP contribution in [0.2, 0.25) is 0 Å². The Morgan fingerprint density at radius 3 is 2.68 bits per heavy atom. The van der Waals surface area contributed by atoms with Crippen molar-refractivity contribution >= 4 is 16.7 Å². The Morgan fingerprint density at radius 1 is 1.04 bits per heavy atom. The first kappa shape index (κ1) is 15.2. The Kier molecular flexibility index (Phi) is 4.04. The number of hydrogen-bond donors (Lipinski definition) is 2. The van der Waals surface area contributed by atoms with E-state index in [-0.39, 0.29) is 6.04 Å². The van der Waals surface area contributed by atoms with E-state index in [4.69, 9.17) is 4.74 Å². The molecule has 3 aromatic heterocycles. The Hall–Kier alpha value is -3.34. The molecule has 0 radical (unpaired) electrons. The Bertz CT molecular complexity index is 967. The van der Waals surface area contributed by atoms with Crippen molar-refractivity contribution in [2.75, 3.05) is 12.4 Å². The standard InChI is InChI=1S/C20H18N4O/c1-25-15-5-6-18-16(12-15)17(13-23-18)20(14-7-10-21-11-8-14)24-19-4-2-3-9-22-19/h2-13,20,23H,1H3,(H,22,24). The molecule has 4 rings (SSSR count).